The van der Waals surface area contributed by atoms with Crippen LogP contribution in [0.3, 0.4) is 0 Å². The van der Waals surface area contributed by atoms with Crippen LogP contribution in [0, 0.1) is 0 Å². The van der Waals surface area contributed by atoms with Crippen LogP contribution in [0.1, 0.15) is 0 Å². The van der Waals surface area contributed by atoms with E-state index in [0.717, 1.165) is 71.7 Å². The molecule has 0 amide bonds. The van der Waals surface area contributed by atoms with Gasteiger partial charge in [-0.05, 0) is 52.2 Å². The molecular formula is C43H25N3O2. The number of benzene rings is 7. The van der Waals surface area contributed by atoms with Crippen molar-refractivity contribution in [3.05, 3.63) is 152 Å². The van der Waals surface area contributed by atoms with Crippen LogP contribution in [0.5, 0.6) is 0 Å². The topological polar surface area (TPSA) is 65.0 Å². The summed E-state index contributed by atoms with van der Waals surface area (Å²) in [5.74, 6) is 1.82. The van der Waals surface area contributed by atoms with Crippen molar-refractivity contribution in [1.82, 2.24) is 15.0 Å². The van der Waals surface area contributed by atoms with Gasteiger partial charge in [0.2, 0.25) is 0 Å². The molecule has 0 bridgehead atoms. The molecule has 48 heavy (non-hydrogen) atoms. The Bertz CT molecular complexity index is 2830. The number of fused-ring (bicyclic) bond motifs is 7. The van der Waals surface area contributed by atoms with Gasteiger partial charge in [-0.1, -0.05) is 121 Å². The van der Waals surface area contributed by atoms with Gasteiger partial charge in [0, 0.05) is 38.2 Å². The fraction of sp³-hybridized carbons (Fsp3) is 0. The summed E-state index contributed by atoms with van der Waals surface area (Å²) in [7, 11) is 0. The Hall–Kier alpha value is -6.59. The van der Waals surface area contributed by atoms with Gasteiger partial charge >= 0.3 is 0 Å². The third-order valence-electron chi connectivity index (χ3n) is 9.13. The molecule has 0 spiro atoms. The second-order valence-corrected chi connectivity index (χ2v) is 12.0. The lowest BCUT2D eigenvalue weighted by molar-refractivity contribution is 0.669. The van der Waals surface area contributed by atoms with Crippen LogP contribution in [0.4, 0.5) is 0 Å². The first kappa shape index (κ1) is 26.6. The van der Waals surface area contributed by atoms with Crippen LogP contribution in [-0.4, -0.2) is 15.0 Å². The van der Waals surface area contributed by atoms with E-state index in [-0.39, 0.29) is 0 Å². The Labute approximate surface area is 274 Å². The maximum atomic E-state index is 6.34. The molecule has 0 radical (unpaired) electrons. The summed E-state index contributed by atoms with van der Waals surface area (Å²) in [4.78, 5) is 15.1. The van der Waals surface area contributed by atoms with Crippen LogP contribution in [0.15, 0.2) is 160 Å². The van der Waals surface area contributed by atoms with Crippen LogP contribution in [0.2, 0.25) is 0 Å². The number of para-hydroxylation sites is 1. The van der Waals surface area contributed by atoms with Crippen molar-refractivity contribution in [3.63, 3.8) is 0 Å². The van der Waals surface area contributed by atoms with Gasteiger partial charge in [-0.15, -0.1) is 0 Å². The fourth-order valence-electron chi connectivity index (χ4n) is 6.85. The van der Waals surface area contributed by atoms with Gasteiger partial charge in [-0.3, -0.25) is 0 Å². The monoisotopic (exact) mass is 615 g/mol. The van der Waals surface area contributed by atoms with E-state index in [4.69, 9.17) is 23.8 Å². The maximum Gasteiger partial charge on any atom is 0.164 e. The summed E-state index contributed by atoms with van der Waals surface area (Å²) in [5.41, 5.74) is 8.34. The zero-order valence-corrected chi connectivity index (χ0v) is 25.6. The predicted molar refractivity (Wildman–Crippen MR) is 194 cm³/mol. The lowest BCUT2D eigenvalue weighted by Gasteiger charge is -2.10. The zero-order valence-electron chi connectivity index (χ0n) is 25.6. The van der Waals surface area contributed by atoms with Gasteiger partial charge in [0.15, 0.2) is 17.5 Å². The normalized spacial score (nSPS) is 11.8. The quantitative estimate of drug-likeness (QED) is 0.197. The minimum absolute atomic E-state index is 0.599. The number of nitrogens with zero attached hydrogens (tertiary/aromatic N) is 3. The van der Waals surface area contributed by atoms with Gasteiger partial charge in [0.05, 0.1) is 0 Å². The van der Waals surface area contributed by atoms with Crippen molar-refractivity contribution in [3.8, 4) is 45.3 Å². The van der Waals surface area contributed by atoms with Crippen molar-refractivity contribution < 1.29 is 8.83 Å². The van der Waals surface area contributed by atoms with Crippen LogP contribution < -0.4 is 0 Å². The van der Waals surface area contributed by atoms with Gasteiger partial charge in [-0.2, -0.15) is 0 Å². The molecule has 3 aromatic heterocycles. The summed E-state index contributed by atoms with van der Waals surface area (Å²) in [6.07, 6.45) is 0. The number of rotatable bonds is 4. The minimum atomic E-state index is 0.599. The van der Waals surface area contributed by atoms with Crippen LogP contribution in [0.25, 0.3) is 99.9 Å². The average molecular weight is 616 g/mol. The maximum absolute atomic E-state index is 6.34. The smallest absolute Gasteiger partial charge is 0.164 e. The van der Waals surface area contributed by atoms with E-state index in [9.17, 15) is 0 Å². The summed E-state index contributed by atoms with van der Waals surface area (Å²) < 4.78 is 12.5. The summed E-state index contributed by atoms with van der Waals surface area (Å²) in [5, 5.41) is 6.60. The van der Waals surface area contributed by atoms with E-state index < -0.39 is 0 Å². The van der Waals surface area contributed by atoms with Crippen molar-refractivity contribution >= 4 is 54.6 Å². The fourth-order valence-corrected chi connectivity index (χ4v) is 6.85. The molecule has 10 aromatic rings. The molecule has 0 aliphatic rings. The Morgan fingerprint density at radius 2 is 0.875 bits per heavy atom. The first-order chi connectivity index (χ1) is 23.8. The van der Waals surface area contributed by atoms with Gasteiger partial charge in [0.25, 0.3) is 0 Å². The molecule has 224 valence electrons. The van der Waals surface area contributed by atoms with Crippen molar-refractivity contribution in [1.29, 1.82) is 0 Å². The first-order valence-corrected chi connectivity index (χ1v) is 15.9. The van der Waals surface area contributed by atoms with E-state index in [0.29, 0.717) is 17.5 Å². The molecule has 0 aliphatic heterocycles. The second kappa shape index (κ2) is 10.5. The average Bonchev–Trinajstić information content (AvgIpc) is 3.72. The van der Waals surface area contributed by atoms with Crippen molar-refractivity contribution in [2.75, 3.05) is 0 Å². The van der Waals surface area contributed by atoms with E-state index in [2.05, 4.69) is 84.9 Å². The van der Waals surface area contributed by atoms with Crippen LogP contribution >= 0.6 is 0 Å². The highest BCUT2D eigenvalue weighted by Gasteiger charge is 2.18. The zero-order chi connectivity index (χ0) is 31.6. The predicted octanol–water partition coefficient (Wildman–Crippen LogP) is 11.5. The highest BCUT2D eigenvalue weighted by Crippen LogP contribution is 2.40. The second-order valence-electron chi connectivity index (χ2n) is 12.0. The lowest BCUT2D eigenvalue weighted by Crippen LogP contribution is -2.00. The van der Waals surface area contributed by atoms with Gasteiger partial charge in [-0.25, -0.2) is 15.0 Å². The number of hydrogen-bond donors (Lipinski definition) is 0. The van der Waals surface area contributed by atoms with Crippen molar-refractivity contribution in [2.24, 2.45) is 0 Å². The molecule has 7 aromatic carbocycles. The molecule has 5 heteroatoms. The molecule has 5 nitrogen and oxygen atoms in total. The standard InChI is InChI=1S/C43H25N3O2/c1-2-10-27(11-3-1)41-44-42(46-43(45-41)33-16-9-19-37-40(33)32-14-6-7-17-35(32)47-37)28-22-20-26(21-23-28)31-15-8-18-36-39(31)34-24-29-12-4-5-13-30(29)25-38(34)48-36/h1-25H. The van der Waals surface area contributed by atoms with E-state index >= 15 is 0 Å². The molecule has 0 atom stereocenters. The largest absolute Gasteiger partial charge is 0.456 e. The molecule has 3 heterocycles. The third kappa shape index (κ3) is 4.22. The van der Waals surface area contributed by atoms with E-state index in [1.54, 1.807) is 0 Å². The van der Waals surface area contributed by atoms with E-state index in [1.807, 2.05) is 66.7 Å². The first-order valence-electron chi connectivity index (χ1n) is 15.9. The summed E-state index contributed by atoms with van der Waals surface area (Å²) in [6.45, 7) is 0. The third-order valence-corrected chi connectivity index (χ3v) is 9.13. The Morgan fingerprint density at radius 3 is 1.65 bits per heavy atom. The Kier molecular flexibility index (Phi) is 5.81. The molecule has 0 aliphatic carbocycles. The SMILES string of the molecule is c1ccc(-c2nc(-c3ccc(-c4cccc5oc6cc7ccccc7cc6c45)cc3)nc(-c3cccc4oc5ccccc5c34)n2)cc1. The highest BCUT2D eigenvalue weighted by atomic mass is 16.3. The number of furan rings is 2. The van der Waals surface area contributed by atoms with Gasteiger partial charge < -0.3 is 8.83 Å². The molecule has 0 saturated carbocycles. The van der Waals surface area contributed by atoms with E-state index in [1.165, 1.54) is 10.8 Å². The minimum Gasteiger partial charge on any atom is -0.456 e. The number of aromatic nitrogens is 3. The van der Waals surface area contributed by atoms with Crippen LogP contribution in [-0.2, 0) is 0 Å². The molecule has 0 saturated heterocycles. The molecule has 0 fully saturated rings. The molecule has 0 N–H and O–H groups in total. The highest BCUT2D eigenvalue weighted by molar-refractivity contribution is 6.15. The molecule has 10 rings (SSSR count). The number of hydrogen-bond acceptors (Lipinski definition) is 5. The van der Waals surface area contributed by atoms with Crippen molar-refractivity contribution in [2.45, 2.75) is 0 Å². The van der Waals surface area contributed by atoms with Gasteiger partial charge in [0.1, 0.15) is 22.3 Å². The summed E-state index contributed by atoms with van der Waals surface area (Å²) >= 11 is 0. The summed E-state index contributed by atoms with van der Waals surface area (Å²) in [6, 6.07) is 51.6. The Balaban J connectivity index is 1.13. The Morgan fingerprint density at radius 1 is 0.333 bits per heavy atom. The molecular weight excluding hydrogens is 590 g/mol. The lowest BCUT2D eigenvalue weighted by atomic mass is 9.97. The molecule has 0 unspecified atom stereocenters.